The summed E-state index contributed by atoms with van der Waals surface area (Å²) in [4.78, 5) is 25.1. The molecule has 8 nitrogen and oxygen atoms in total. The minimum absolute atomic E-state index is 0.165. The van der Waals surface area contributed by atoms with Crippen molar-refractivity contribution in [3.05, 3.63) is 97.6 Å². The fourth-order valence-electron chi connectivity index (χ4n) is 3.75. The molecule has 0 aliphatic rings. The van der Waals surface area contributed by atoms with Crippen LogP contribution in [0, 0.1) is 0 Å². The summed E-state index contributed by atoms with van der Waals surface area (Å²) in [5.41, 5.74) is 5.33. The van der Waals surface area contributed by atoms with Crippen LogP contribution in [0.15, 0.2) is 108 Å². The molecule has 6 aromatic rings. The van der Waals surface area contributed by atoms with E-state index in [-0.39, 0.29) is 5.16 Å². The monoisotopic (exact) mass is 538 g/mol. The van der Waals surface area contributed by atoms with E-state index in [2.05, 4.69) is 42.0 Å². The zero-order chi connectivity index (χ0) is 26.5. The van der Waals surface area contributed by atoms with Crippen LogP contribution in [-0.4, -0.2) is 50.8 Å². The Kier molecular flexibility index (Phi) is 7.34. The maximum absolute atomic E-state index is 11.5. The fraction of sp³-hybridized carbons (Fsp3) is 0.0714. The highest BCUT2D eigenvalue weighted by Crippen LogP contribution is 2.24. The number of hydrogen-bond acceptors (Lipinski definition) is 9. The van der Waals surface area contributed by atoms with Crippen molar-refractivity contribution in [3.8, 4) is 22.5 Å². The number of benzene rings is 2. The zero-order valence-corrected chi connectivity index (χ0v) is 22.2. The standard InChI is InChI=1S/C14H11N3O2S.C14H11N3S/c1-20(18,19)14-16-8-6-13(17-14)11-4-5-12-10(9-11)3-2-7-15-12;1-18-14-16-8-6-13(17-14)11-4-5-12-10(9-11)3-2-7-15-12/h2-9H,1H3;2-9H,1H3. The highest BCUT2D eigenvalue weighted by Gasteiger charge is 2.12. The topological polar surface area (TPSA) is 111 Å². The lowest BCUT2D eigenvalue weighted by Crippen LogP contribution is -2.04. The van der Waals surface area contributed by atoms with Crippen molar-refractivity contribution >= 4 is 43.4 Å². The van der Waals surface area contributed by atoms with Crippen molar-refractivity contribution in [1.29, 1.82) is 0 Å². The third-order valence-corrected chi connectivity index (χ3v) is 7.00. The summed E-state index contributed by atoms with van der Waals surface area (Å²) in [5, 5.41) is 2.73. The summed E-state index contributed by atoms with van der Waals surface area (Å²) in [6.45, 7) is 0. The lowest BCUT2D eigenvalue weighted by Gasteiger charge is -2.04. The van der Waals surface area contributed by atoms with Gasteiger partial charge in [0.25, 0.3) is 0 Å². The Morgan fingerprint density at radius 1 is 0.632 bits per heavy atom. The predicted molar refractivity (Wildman–Crippen MR) is 150 cm³/mol. The Morgan fingerprint density at radius 3 is 1.74 bits per heavy atom. The van der Waals surface area contributed by atoms with Crippen LogP contribution in [0.5, 0.6) is 0 Å². The van der Waals surface area contributed by atoms with Gasteiger partial charge in [-0.2, -0.15) is 0 Å². The summed E-state index contributed by atoms with van der Waals surface area (Å²) in [6, 6.07) is 23.3. The van der Waals surface area contributed by atoms with Crippen molar-refractivity contribution in [2.75, 3.05) is 12.5 Å². The van der Waals surface area contributed by atoms with E-state index in [1.54, 1.807) is 36.4 Å². The molecule has 0 spiro atoms. The van der Waals surface area contributed by atoms with Crippen molar-refractivity contribution < 1.29 is 8.42 Å². The van der Waals surface area contributed by atoms with E-state index in [0.717, 1.165) is 50.0 Å². The van der Waals surface area contributed by atoms with Gasteiger partial charge in [-0.3, -0.25) is 9.97 Å². The summed E-state index contributed by atoms with van der Waals surface area (Å²) in [6.07, 6.45) is 9.85. The van der Waals surface area contributed by atoms with Gasteiger partial charge in [0.15, 0.2) is 5.16 Å². The molecule has 0 N–H and O–H groups in total. The van der Waals surface area contributed by atoms with Crippen LogP contribution >= 0.6 is 11.8 Å². The molecule has 2 aromatic carbocycles. The molecule has 188 valence electrons. The minimum Gasteiger partial charge on any atom is -0.256 e. The molecular weight excluding hydrogens is 516 g/mol. The zero-order valence-electron chi connectivity index (χ0n) is 20.6. The van der Waals surface area contributed by atoms with E-state index < -0.39 is 9.84 Å². The maximum Gasteiger partial charge on any atom is 0.247 e. The van der Waals surface area contributed by atoms with E-state index in [4.69, 9.17) is 0 Å². The molecule has 0 unspecified atom stereocenters. The molecule has 0 fully saturated rings. The molecule has 0 saturated carbocycles. The van der Waals surface area contributed by atoms with Gasteiger partial charge in [0.2, 0.25) is 15.0 Å². The fourth-order valence-corrected chi connectivity index (χ4v) is 4.62. The van der Waals surface area contributed by atoms with Gasteiger partial charge in [-0.05, 0) is 54.8 Å². The van der Waals surface area contributed by atoms with E-state index in [9.17, 15) is 8.42 Å². The first-order valence-corrected chi connectivity index (χ1v) is 14.6. The number of nitrogens with zero attached hydrogens (tertiary/aromatic N) is 6. The SMILES string of the molecule is CS(=O)(=O)c1nccc(-c2ccc3ncccc3c2)n1.CSc1nccc(-c2ccc3ncccc3c2)n1. The molecule has 6 rings (SSSR count). The molecule has 38 heavy (non-hydrogen) atoms. The number of rotatable bonds is 4. The van der Waals surface area contributed by atoms with E-state index in [0.29, 0.717) is 5.69 Å². The van der Waals surface area contributed by atoms with Crippen molar-refractivity contribution in [2.24, 2.45) is 0 Å². The Bertz CT molecular complexity index is 1860. The molecule has 0 bridgehead atoms. The van der Waals surface area contributed by atoms with Gasteiger partial charge in [0.05, 0.1) is 22.4 Å². The second-order valence-corrected chi connectivity index (χ2v) is 10.9. The van der Waals surface area contributed by atoms with Gasteiger partial charge < -0.3 is 0 Å². The van der Waals surface area contributed by atoms with E-state index in [1.165, 1.54) is 6.20 Å². The molecular formula is C28H22N6O2S2. The molecule has 0 aliphatic heterocycles. The average molecular weight is 539 g/mol. The Morgan fingerprint density at radius 2 is 1.18 bits per heavy atom. The summed E-state index contributed by atoms with van der Waals surface area (Å²) in [5.74, 6) is 0. The van der Waals surface area contributed by atoms with Crippen LogP contribution < -0.4 is 0 Å². The first-order chi connectivity index (χ1) is 18.4. The van der Waals surface area contributed by atoms with Crippen molar-refractivity contribution in [3.63, 3.8) is 0 Å². The highest BCUT2D eigenvalue weighted by molar-refractivity contribution is 7.98. The van der Waals surface area contributed by atoms with E-state index >= 15 is 0 Å². The molecule has 0 radical (unpaired) electrons. The number of fused-ring (bicyclic) bond motifs is 2. The molecule has 0 amide bonds. The average Bonchev–Trinajstić information content (AvgIpc) is 2.96. The quantitative estimate of drug-likeness (QED) is 0.212. The first kappa shape index (κ1) is 25.4. The Balaban J connectivity index is 0.000000156. The van der Waals surface area contributed by atoms with Gasteiger partial charge in [-0.15, -0.1) is 0 Å². The third kappa shape index (κ3) is 5.82. The van der Waals surface area contributed by atoms with Crippen LogP contribution in [0.1, 0.15) is 0 Å². The maximum atomic E-state index is 11.5. The highest BCUT2D eigenvalue weighted by atomic mass is 32.2. The lowest BCUT2D eigenvalue weighted by molar-refractivity contribution is 0.593. The van der Waals surface area contributed by atoms with Crippen molar-refractivity contribution in [2.45, 2.75) is 10.3 Å². The number of aromatic nitrogens is 6. The van der Waals surface area contributed by atoms with Gasteiger partial charge in [-0.25, -0.2) is 28.4 Å². The van der Waals surface area contributed by atoms with Crippen LogP contribution in [-0.2, 0) is 9.84 Å². The predicted octanol–water partition coefficient (Wildman–Crippen LogP) is 5.51. The molecule has 0 saturated heterocycles. The van der Waals surface area contributed by atoms with Crippen LogP contribution in [0.4, 0.5) is 0 Å². The van der Waals surface area contributed by atoms with Crippen molar-refractivity contribution in [1.82, 2.24) is 29.9 Å². The first-order valence-electron chi connectivity index (χ1n) is 11.5. The number of sulfone groups is 1. The molecule has 4 heterocycles. The minimum atomic E-state index is -3.41. The normalized spacial score (nSPS) is 11.2. The van der Waals surface area contributed by atoms with Crippen LogP contribution in [0.2, 0.25) is 0 Å². The van der Waals surface area contributed by atoms with Gasteiger partial charge >= 0.3 is 0 Å². The summed E-state index contributed by atoms with van der Waals surface area (Å²) < 4.78 is 23.0. The van der Waals surface area contributed by atoms with Gasteiger partial charge in [0, 0.05) is 52.9 Å². The number of hydrogen-bond donors (Lipinski definition) is 0. The Labute approximate surface area is 224 Å². The molecule has 0 aliphatic carbocycles. The van der Waals surface area contributed by atoms with E-state index in [1.807, 2.05) is 60.9 Å². The third-order valence-electron chi connectivity index (χ3n) is 5.58. The summed E-state index contributed by atoms with van der Waals surface area (Å²) >= 11 is 1.55. The smallest absolute Gasteiger partial charge is 0.247 e. The van der Waals surface area contributed by atoms with Crippen LogP contribution in [0.25, 0.3) is 44.3 Å². The second kappa shape index (κ2) is 11.0. The number of thioether (sulfide) groups is 1. The molecule has 10 heteroatoms. The Hall–Kier alpha value is -4.28. The lowest BCUT2D eigenvalue weighted by atomic mass is 10.1. The summed E-state index contributed by atoms with van der Waals surface area (Å²) in [7, 11) is -3.41. The molecule has 4 aromatic heterocycles. The largest absolute Gasteiger partial charge is 0.256 e. The van der Waals surface area contributed by atoms with Gasteiger partial charge in [0.1, 0.15) is 0 Å². The van der Waals surface area contributed by atoms with Gasteiger partial charge in [-0.1, -0.05) is 36.0 Å². The second-order valence-electron chi connectivity index (χ2n) is 8.25. The number of pyridine rings is 2. The molecule has 0 atom stereocenters. The van der Waals surface area contributed by atoms with Crippen LogP contribution in [0.3, 0.4) is 0 Å².